The van der Waals surface area contributed by atoms with Crippen molar-refractivity contribution < 1.29 is 9.21 Å². The molecule has 18 heavy (non-hydrogen) atoms. The second kappa shape index (κ2) is 7.93. The zero-order valence-corrected chi connectivity index (χ0v) is 11.7. The molecule has 0 saturated heterocycles. The maximum atomic E-state index is 10.6. The lowest BCUT2D eigenvalue weighted by molar-refractivity contribution is 0.110. The first-order valence-electron chi connectivity index (χ1n) is 6.77. The van der Waals surface area contributed by atoms with Gasteiger partial charge < -0.3 is 14.2 Å². The second-order valence-electron chi connectivity index (χ2n) is 4.25. The molecule has 0 amide bonds. The van der Waals surface area contributed by atoms with E-state index < -0.39 is 0 Å². The Labute approximate surface area is 110 Å². The van der Waals surface area contributed by atoms with Crippen molar-refractivity contribution in [2.45, 2.75) is 27.2 Å². The number of hydrogen-bond acceptors (Lipinski definition) is 4. The van der Waals surface area contributed by atoms with Gasteiger partial charge >= 0.3 is 0 Å². The van der Waals surface area contributed by atoms with Crippen molar-refractivity contribution in [3.63, 3.8) is 0 Å². The molecule has 4 heteroatoms. The van der Waals surface area contributed by atoms with Gasteiger partial charge in [0.2, 0.25) is 0 Å². The Hall–Kier alpha value is -1.29. The van der Waals surface area contributed by atoms with Crippen LogP contribution in [0.15, 0.2) is 16.5 Å². The Balaban J connectivity index is 2.44. The fraction of sp³-hybridized carbons (Fsp3) is 0.643. The van der Waals surface area contributed by atoms with Gasteiger partial charge in [-0.1, -0.05) is 13.8 Å². The first kappa shape index (κ1) is 14.8. The largest absolute Gasteiger partial charge is 0.438 e. The van der Waals surface area contributed by atoms with Crippen LogP contribution in [0.1, 0.15) is 37.7 Å². The summed E-state index contributed by atoms with van der Waals surface area (Å²) in [6, 6.07) is 3.58. The van der Waals surface area contributed by atoms with E-state index in [4.69, 9.17) is 4.42 Å². The van der Waals surface area contributed by atoms with E-state index in [1.54, 1.807) is 6.07 Å². The summed E-state index contributed by atoms with van der Waals surface area (Å²) in [6.07, 6.45) is 1.85. The van der Waals surface area contributed by atoms with Crippen LogP contribution < -0.4 is 4.90 Å². The number of carbonyl (C=O) groups excluding carboxylic acids is 1. The summed E-state index contributed by atoms with van der Waals surface area (Å²) in [5.74, 6) is 1.19. The van der Waals surface area contributed by atoms with Crippen molar-refractivity contribution in [2.75, 3.05) is 37.6 Å². The standard InChI is InChI=1S/C14H24N2O2/c1-4-15(5-2)10-7-11-16(6-3)14-9-8-13(12-17)18-14/h8-9,12H,4-7,10-11H2,1-3H3. The Morgan fingerprint density at radius 1 is 1.11 bits per heavy atom. The first-order valence-corrected chi connectivity index (χ1v) is 6.77. The molecule has 0 atom stereocenters. The number of nitrogens with zero attached hydrogens (tertiary/aromatic N) is 2. The fourth-order valence-electron chi connectivity index (χ4n) is 2.02. The highest BCUT2D eigenvalue weighted by Gasteiger charge is 2.09. The highest BCUT2D eigenvalue weighted by atomic mass is 16.4. The van der Waals surface area contributed by atoms with Gasteiger partial charge in [-0.25, -0.2) is 0 Å². The summed E-state index contributed by atoms with van der Waals surface area (Å²) in [4.78, 5) is 15.2. The zero-order valence-electron chi connectivity index (χ0n) is 11.7. The van der Waals surface area contributed by atoms with E-state index in [9.17, 15) is 4.79 Å². The molecule has 4 nitrogen and oxygen atoms in total. The summed E-state index contributed by atoms with van der Waals surface area (Å²) >= 11 is 0. The Bertz CT molecular complexity index is 345. The van der Waals surface area contributed by atoms with Gasteiger partial charge in [0, 0.05) is 19.2 Å². The van der Waals surface area contributed by atoms with Gasteiger partial charge in [0.25, 0.3) is 0 Å². The third kappa shape index (κ3) is 4.18. The average Bonchev–Trinajstić information content (AvgIpc) is 2.88. The van der Waals surface area contributed by atoms with Crippen LogP contribution in [-0.2, 0) is 0 Å². The molecule has 1 aromatic rings. The maximum absolute atomic E-state index is 10.6. The summed E-state index contributed by atoms with van der Waals surface area (Å²) in [5, 5.41) is 0. The van der Waals surface area contributed by atoms with E-state index in [1.165, 1.54) is 0 Å². The van der Waals surface area contributed by atoms with Crippen molar-refractivity contribution in [3.8, 4) is 0 Å². The zero-order chi connectivity index (χ0) is 13.4. The highest BCUT2D eigenvalue weighted by Crippen LogP contribution is 2.17. The van der Waals surface area contributed by atoms with Gasteiger partial charge in [-0.15, -0.1) is 0 Å². The van der Waals surface area contributed by atoms with Crippen LogP contribution >= 0.6 is 0 Å². The van der Waals surface area contributed by atoms with Gasteiger partial charge in [0.15, 0.2) is 17.9 Å². The van der Waals surface area contributed by atoms with E-state index >= 15 is 0 Å². The molecule has 0 fully saturated rings. The normalized spacial score (nSPS) is 10.9. The summed E-state index contributed by atoms with van der Waals surface area (Å²) in [7, 11) is 0. The van der Waals surface area contributed by atoms with Gasteiger partial charge in [-0.05, 0) is 39.0 Å². The lowest BCUT2D eigenvalue weighted by Crippen LogP contribution is -2.29. The highest BCUT2D eigenvalue weighted by molar-refractivity contribution is 5.71. The van der Waals surface area contributed by atoms with Crippen LogP contribution in [0.4, 0.5) is 5.88 Å². The molecule has 0 N–H and O–H groups in total. The van der Waals surface area contributed by atoms with Gasteiger partial charge in [-0.3, -0.25) is 4.79 Å². The minimum atomic E-state index is 0.396. The minimum Gasteiger partial charge on any atom is -0.438 e. The lowest BCUT2D eigenvalue weighted by Gasteiger charge is -2.23. The van der Waals surface area contributed by atoms with E-state index in [-0.39, 0.29) is 0 Å². The molecule has 102 valence electrons. The molecule has 0 aliphatic carbocycles. The summed E-state index contributed by atoms with van der Waals surface area (Å²) in [5.41, 5.74) is 0. The Kier molecular flexibility index (Phi) is 6.50. The molecule has 1 heterocycles. The number of anilines is 1. The number of rotatable bonds is 9. The van der Waals surface area contributed by atoms with Crippen molar-refractivity contribution in [3.05, 3.63) is 17.9 Å². The number of furan rings is 1. The first-order chi connectivity index (χ1) is 8.74. The molecule has 0 radical (unpaired) electrons. The van der Waals surface area contributed by atoms with Crippen molar-refractivity contribution in [1.82, 2.24) is 4.90 Å². The fourth-order valence-corrected chi connectivity index (χ4v) is 2.02. The van der Waals surface area contributed by atoms with Gasteiger partial charge in [0.1, 0.15) is 0 Å². The molecular weight excluding hydrogens is 228 g/mol. The molecule has 0 saturated carbocycles. The van der Waals surface area contributed by atoms with Crippen molar-refractivity contribution >= 4 is 12.2 Å². The summed E-state index contributed by atoms with van der Waals surface area (Å²) < 4.78 is 5.44. The molecule has 0 aromatic carbocycles. The Morgan fingerprint density at radius 2 is 1.83 bits per heavy atom. The quantitative estimate of drug-likeness (QED) is 0.633. The summed E-state index contributed by atoms with van der Waals surface area (Å²) in [6.45, 7) is 11.6. The lowest BCUT2D eigenvalue weighted by atomic mass is 10.3. The van der Waals surface area contributed by atoms with Gasteiger partial charge in [0.05, 0.1) is 0 Å². The van der Waals surface area contributed by atoms with Crippen LogP contribution in [0, 0.1) is 0 Å². The molecule has 0 aliphatic rings. The van der Waals surface area contributed by atoms with E-state index in [1.807, 2.05) is 6.07 Å². The number of hydrogen-bond donors (Lipinski definition) is 0. The topological polar surface area (TPSA) is 36.7 Å². The SMILES string of the molecule is CCN(CC)CCCN(CC)c1ccc(C=O)o1. The number of carbonyl (C=O) groups is 1. The van der Waals surface area contributed by atoms with E-state index in [0.717, 1.165) is 51.3 Å². The predicted octanol–water partition coefficient (Wildman–Crippen LogP) is 2.65. The predicted molar refractivity (Wildman–Crippen MR) is 74.4 cm³/mol. The van der Waals surface area contributed by atoms with Gasteiger partial charge in [-0.2, -0.15) is 0 Å². The van der Waals surface area contributed by atoms with Crippen LogP contribution in [0.2, 0.25) is 0 Å². The molecule has 0 unspecified atom stereocenters. The van der Waals surface area contributed by atoms with Crippen LogP contribution in [-0.4, -0.2) is 43.9 Å². The van der Waals surface area contributed by atoms with Crippen molar-refractivity contribution in [1.29, 1.82) is 0 Å². The van der Waals surface area contributed by atoms with Crippen LogP contribution in [0.3, 0.4) is 0 Å². The molecule has 0 aliphatic heterocycles. The van der Waals surface area contributed by atoms with Crippen LogP contribution in [0.25, 0.3) is 0 Å². The molecule has 1 aromatic heterocycles. The van der Waals surface area contributed by atoms with Crippen LogP contribution in [0.5, 0.6) is 0 Å². The average molecular weight is 252 g/mol. The third-order valence-electron chi connectivity index (χ3n) is 3.22. The molecule has 0 bridgehead atoms. The smallest absolute Gasteiger partial charge is 0.196 e. The minimum absolute atomic E-state index is 0.396. The van der Waals surface area contributed by atoms with E-state index in [2.05, 4.69) is 30.6 Å². The third-order valence-corrected chi connectivity index (χ3v) is 3.22. The second-order valence-corrected chi connectivity index (χ2v) is 4.25. The van der Waals surface area contributed by atoms with E-state index in [0.29, 0.717) is 5.76 Å². The number of aldehydes is 1. The monoisotopic (exact) mass is 252 g/mol. The van der Waals surface area contributed by atoms with Crippen molar-refractivity contribution in [2.24, 2.45) is 0 Å². The molecule has 1 rings (SSSR count). The maximum Gasteiger partial charge on any atom is 0.196 e. The molecule has 0 spiro atoms. The Morgan fingerprint density at radius 3 is 2.33 bits per heavy atom. The molecular formula is C14H24N2O2.